The van der Waals surface area contributed by atoms with Gasteiger partial charge in [-0.05, 0) is 18.2 Å². The van der Waals surface area contributed by atoms with Gasteiger partial charge in [-0.25, -0.2) is 0 Å². The summed E-state index contributed by atoms with van der Waals surface area (Å²) >= 11 is 18.6. The van der Waals surface area contributed by atoms with Gasteiger partial charge in [-0.1, -0.05) is 59.1 Å². The molecule has 0 radical (unpaired) electrons. The molecular formula is C21H8Cl3NO3. The second-order valence-corrected chi connectivity index (χ2v) is 7.73. The zero-order chi connectivity index (χ0) is 19.7. The third kappa shape index (κ3) is 2.23. The summed E-state index contributed by atoms with van der Waals surface area (Å²) in [5.74, 6) is -0.831. The van der Waals surface area contributed by atoms with Crippen LogP contribution < -0.4 is 5.43 Å². The lowest BCUT2D eigenvalue weighted by atomic mass is 9.81. The molecule has 0 fully saturated rings. The number of aromatic amines is 1. The summed E-state index contributed by atoms with van der Waals surface area (Å²) < 4.78 is 0. The van der Waals surface area contributed by atoms with Crippen LogP contribution in [0.1, 0.15) is 31.8 Å². The molecule has 3 aliphatic rings. The van der Waals surface area contributed by atoms with Gasteiger partial charge in [-0.2, -0.15) is 0 Å². The number of nitrogens with one attached hydrogen (secondary N) is 1. The van der Waals surface area contributed by atoms with Crippen LogP contribution in [0.5, 0.6) is 0 Å². The molecule has 2 aromatic rings. The van der Waals surface area contributed by atoms with E-state index in [9.17, 15) is 14.4 Å². The molecule has 28 heavy (non-hydrogen) atoms. The van der Waals surface area contributed by atoms with Crippen molar-refractivity contribution in [3.05, 3.63) is 90.0 Å². The van der Waals surface area contributed by atoms with Crippen molar-refractivity contribution in [2.45, 2.75) is 0 Å². The van der Waals surface area contributed by atoms with Crippen molar-refractivity contribution in [2.75, 3.05) is 0 Å². The zero-order valence-corrected chi connectivity index (χ0v) is 16.2. The van der Waals surface area contributed by atoms with Crippen LogP contribution in [0.15, 0.2) is 47.3 Å². The number of ketones is 2. The largest absolute Gasteiger partial charge is 0.353 e. The first-order chi connectivity index (χ1) is 13.4. The molecule has 2 aromatic carbocycles. The highest BCUT2D eigenvalue weighted by Crippen LogP contribution is 2.39. The van der Waals surface area contributed by atoms with Crippen molar-refractivity contribution >= 4 is 57.3 Å². The molecule has 1 N–H and O–H groups in total. The lowest BCUT2D eigenvalue weighted by Gasteiger charge is -2.22. The Labute approximate surface area is 173 Å². The smallest absolute Gasteiger partial charge is 0.207 e. The number of pyridine rings is 1. The van der Waals surface area contributed by atoms with Gasteiger partial charge in [0.05, 0.1) is 27.4 Å². The number of hydrogen-bond acceptors (Lipinski definition) is 3. The Morgan fingerprint density at radius 2 is 1.39 bits per heavy atom. The first-order valence-corrected chi connectivity index (χ1v) is 9.37. The Balaban J connectivity index is 1.99. The van der Waals surface area contributed by atoms with Gasteiger partial charge in [0.2, 0.25) is 5.43 Å². The maximum absolute atomic E-state index is 13.2. The Hall–Kier alpha value is -2.66. The fraction of sp³-hybridized carbons (Fsp3) is 0. The molecule has 7 heteroatoms. The molecule has 0 unspecified atom stereocenters. The van der Waals surface area contributed by atoms with Crippen LogP contribution in [0.2, 0.25) is 15.1 Å². The minimum absolute atomic E-state index is 0.0798. The van der Waals surface area contributed by atoms with Gasteiger partial charge in [0.1, 0.15) is 5.02 Å². The highest BCUT2D eigenvalue weighted by molar-refractivity contribution is 6.41. The van der Waals surface area contributed by atoms with Crippen molar-refractivity contribution in [3.63, 3.8) is 0 Å². The molecule has 1 aliphatic heterocycles. The molecule has 0 saturated carbocycles. The number of carbonyl (C=O) groups is 2. The molecule has 0 amide bonds. The summed E-state index contributed by atoms with van der Waals surface area (Å²) in [5, 5.41) is 1.06. The third-order valence-corrected chi connectivity index (χ3v) is 5.82. The molecule has 5 rings (SSSR count). The van der Waals surface area contributed by atoms with E-state index in [-0.39, 0.29) is 44.3 Å². The maximum atomic E-state index is 13.2. The van der Waals surface area contributed by atoms with Crippen LogP contribution >= 0.6 is 34.8 Å². The van der Waals surface area contributed by atoms with Crippen LogP contribution in [0.4, 0.5) is 0 Å². The van der Waals surface area contributed by atoms with Crippen LogP contribution in [0.25, 0.3) is 22.2 Å². The summed E-state index contributed by atoms with van der Waals surface area (Å²) in [5.41, 5.74) is 0.883. The SMILES string of the molecule is O=C1c2ccccc2C(=O)c2c1c1[nH]c3c(Cl)cc(Cl)cc3cc-1c(=O)c2Cl. The van der Waals surface area contributed by atoms with Crippen molar-refractivity contribution in [3.8, 4) is 11.3 Å². The predicted octanol–water partition coefficient (Wildman–Crippen LogP) is 5.37. The number of hydrogen-bond donors (Lipinski definition) is 1. The van der Waals surface area contributed by atoms with Gasteiger partial charge in [-0.15, -0.1) is 0 Å². The minimum Gasteiger partial charge on any atom is -0.353 e. The van der Waals surface area contributed by atoms with Gasteiger partial charge >= 0.3 is 0 Å². The lowest BCUT2D eigenvalue weighted by Crippen LogP contribution is -2.27. The van der Waals surface area contributed by atoms with E-state index in [0.717, 1.165) is 0 Å². The van der Waals surface area contributed by atoms with E-state index in [1.807, 2.05) is 0 Å². The second kappa shape index (κ2) is 5.92. The van der Waals surface area contributed by atoms with Crippen LogP contribution in [-0.2, 0) is 0 Å². The Morgan fingerprint density at radius 1 is 0.750 bits per heavy atom. The molecule has 4 nitrogen and oxygen atoms in total. The average molecular weight is 429 g/mol. The van der Waals surface area contributed by atoms with Gasteiger partial charge < -0.3 is 4.98 Å². The minimum atomic E-state index is -0.537. The Morgan fingerprint density at radius 3 is 2.07 bits per heavy atom. The van der Waals surface area contributed by atoms with E-state index in [0.29, 0.717) is 20.9 Å². The molecule has 1 heterocycles. The van der Waals surface area contributed by atoms with Crippen molar-refractivity contribution in [1.82, 2.24) is 4.98 Å². The normalized spacial score (nSPS) is 13.1. The molecule has 2 aliphatic carbocycles. The predicted molar refractivity (Wildman–Crippen MR) is 110 cm³/mol. The molecular weight excluding hydrogens is 421 g/mol. The third-order valence-electron chi connectivity index (χ3n) is 4.94. The number of benzene rings is 3. The average Bonchev–Trinajstić information content (AvgIpc) is 2.68. The highest BCUT2D eigenvalue weighted by Gasteiger charge is 2.37. The number of halogens is 3. The lowest BCUT2D eigenvalue weighted by molar-refractivity contribution is 0.0979. The van der Waals surface area contributed by atoms with E-state index < -0.39 is 11.2 Å². The van der Waals surface area contributed by atoms with Crippen LogP contribution in [0, 0.1) is 0 Å². The van der Waals surface area contributed by atoms with Gasteiger partial charge in [0.15, 0.2) is 11.6 Å². The highest BCUT2D eigenvalue weighted by atomic mass is 35.5. The Kier molecular flexibility index (Phi) is 3.68. The maximum Gasteiger partial charge on any atom is 0.207 e. The van der Waals surface area contributed by atoms with Crippen molar-refractivity contribution < 1.29 is 9.59 Å². The first kappa shape index (κ1) is 17.4. The van der Waals surface area contributed by atoms with Crippen LogP contribution in [0.3, 0.4) is 0 Å². The molecule has 0 spiro atoms. The van der Waals surface area contributed by atoms with Gasteiger partial charge in [0, 0.05) is 27.1 Å². The van der Waals surface area contributed by atoms with E-state index in [2.05, 4.69) is 4.98 Å². The topological polar surface area (TPSA) is 67.0 Å². The number of carbonyl (C=O) groups excluding carboxylic acids is 2. The Bertz CT molecular complexity index is 1400. The fourth-order valence-corrected chi connectivity index (χ4v) is 4.53. The summed E-state index contributed by atoms with van der Waals surface area (Å²) in [7, 11) is 0. The molecule has 0 saturated heterocycles. The summed E-state index contributed by atoms with van der Waals surface area (Å²) in [6, 6.07) is 11.2. The molecule has 136 valence electrons. The zero-order valence-electron chi connectivity index (χ0n) is 13.9. The first-order valence-electron chi connectivity index (χ1n) is 8.24. The number of fused-ring (bicyclic) bond motifs is 5. The van der Waals surface area contributed by atoms with Crippen molar-refractivity contribution in [1.29, 1.82) is 0 Å². The van der Waals surface area contributed by atoms with Gasteiger partial charge in [0.25, 0.3) is 0 Å². The number of H-pyrrole nitrogens is 1. The van der Waals surface area contributed by atoms with Crippen LogP contribution in [-0.4, -0.2) is 16.6 Å². The van der Waals surface area contributed by atoms with E-state index in [1.165, 1.54) is 0 Å². The fourth-order valence-electron chi connectivity index (χ4n) is 3.69. The van der Waals surface area contributed by atoms with Gasteiger partial charge in [-0.3, -0.25) is 14.4 Å². The standard InChI is InChI=1S/C21H8Cl3NO3/c22-9-5-8-6-12-18(25-17(8)13(23)7-9)15-14(16(24)21(12)28)19(26)10-3-1-2-4-11(10)20(15)27/h1-7,25H. The summed E-state index contributed by atoms with van der Waals surface area (Å²) in [4.78, 5) is 42.2. The summed E-state index contributed by atoms with van der Waals surface area (Å²) in [6.45, 7) is 0. The molecule has 0 bridgehead atoms. The number of aromatic nitrogens is 1. The van der Waals surface area contributed by atoms with E-state index in [4.69, 9.17) is 34.8 Å². The molecule has 0 atom stereocenters. The van der Waals surface area contributed by atoms with E-state index >= 15 is 0 Å². The van der Waals surface area contributed by atoms with Crippen molar-refractivity contribution in [2.24, 2.45) is 0 Å². The number of rotatable bonds is 0. The second-order valence-electron chi connectivity index (χ2n) is 6.51. The van der Waals surface area contributed by atoms with E-state index in [1.54, 1.807) is 42.5 Å². The monoisotopic (exact) mass is 427 g/mol. The quantitative estimate of drug-likeness (QED) is 0.337. The molecule has 0 aromatic heterocycles. The summed E-state index contributed by atoms with van der Waals surface area (Å²) in [6.07, 6.45) is 0.